The Bertz CT molecular complexity index is 1290. The molecular weight excluding hydrogens is 565 g/mol. The van der Waals surface area contributed by atoms with Gasteiger partial charge in [-0.3, -0.25) is 9.69 Å². The average molecular weight is 595 g/mol. The number of halogens is 3. The molecule has 2 aromatic carbocycles. The predicted molar refractivity (Wildman–Crippen MR) is 143 cm³/mol. The molecule has 0 aromatic heterocycles. The van der Waals surface area contributed by atoms with Crippen molar-refractivity contribution in [2.24, 2.45) is 0 Å². The van der Waals surface area contributed by atoms with Gasteiger partial charge in [-0.1, -0.05) is 54.7 Å². The molecule has 2 aliphatic rings. The highest BCUT2D eigenvalue weighted by Gasteiger charge is 2.39. The molecule has 3 unspecified atom stereocenters. The molecule has 0 spiro atoms. The SMILES string of the molecule is C=C(C(=O)N1CCN(C(=O)OC)C(C(=O)O)C1)c1ccc(SC2COCC(Cc3ccccc3)O2)c(C(F)(F)F)c1. The molecule has 0 bridgehead atoms. The highest BCUT2D eigenvalue weighted by molar-refractivity contribution is 7.99. The first kappa shape index (κ1) is 30.4. The normalized spacial score (nSPS) is 21.3. The second-order valence-corrected chi connectivity index (χ2v) is 10.7. The first-order chi connectivity index (χ1) is 19.5. The van der Waals surface area contributed by atoms with Crippen LogP contribution in [0.25, 0.3) is 5.57 Å². The molecule has 2 amide bonds. The van der Waals surface area contributed by atoms with Crippen molar-refractivity contribution in [1.29, 1.82) is 0 Å². The van der Waals surface area contributed by atoms with Crippen molar-refractivity contribution in [2.45, 2.75) is 35.1 Å². The summed E-state index contributed by atoms with van der Waals surface area (Å²) in [6.07, 6.45) is -5.35. The lowest BCUT2D eigenvalue weighted by Crippen LogP contribution is -2.59. The Morgan fingerprint density at radius 3 is 2.51 bits per heavy atom. The quantitative estimate of drug-likeness (QED) is 0.477. The Labute approximate surface area is 238 Å². The van der Waals surface area contributed by atoms with Gasteiger partial charge in [-0.25, -0.2) is 9.59 Å². The predicted octanol–water partition coefficient (Wildman–Crippen LogP) is 4.16. The average Bonchev–Trinajstić information content (AvgIpc) is 2.96. The molecular formula is C28H29F3N2O7S. The van der Waals surface area contributed by atoms with Crippen LogP contribution in [0.15, 0.2) is 60.0 Å². The highest BCUT2D eigenvalue weighted by Crippen LogP contribution is 2.41. The Balaban J connectivity index is 1.48. The summed E-state index contributed by atoms with van der Waals surface area (Å²) in [6, 6.07) is 11.7. The fourth-order valence-electron chi connectivity index (χ4n) is 4.65. The van der Waals surface area contributed by atoms with E-state index in [-0.39, 0.29) is 48.4 Å². The number of thioether (sulfide) groups is 1. The molecule has 0 aliphatic carbocycles. The molecule has 13 heteroatoms. The van der Waals surface area contributed by atoms with Gasteiger partial charge in [-0.15, -0.1) is 0 Å². The molecule has 220 valence electrons. The number of hydrogen-bond donors (Lipinski definition) is 1. The van der Waals surface area contributed by atoms with Gasteiger partial charge in [0.05, 0.1) is 38.5 Å². The van der Waals surface area contributed by atoms with Crippen molar-refractivity contribution in [1.82, 2.24) is 9.80 Å². The molecule has 2 fully saturated rings. The number of ether oxygens (including phenoxy) is 3. The van der Waals surface area contributed by atoms with E-state index in [4.69, 9.17) is 9.47 Å². The van der Waals surface area contributed by atoms with E-state index in [2.05, 4.69) is 11.3 Å². The maximum absolute atomic E-state index is 14.1. The largest absolute Gasteiger partial charge is 0.480 e. The zero-order valence-corrected chi connectivity index (χ0v) is 23.0. The Hall–Kier alpha value is -3.55. The van der Waals surface area contributed by atoms with Crippen molar-refractivity contribution in [3.8, 4) is 0 Å². The van der Waals surface area contributed by atoms with Crippen LogP contribution in [-0.4, -0.2) is 90.4 Å². The number of carbonyl (C=O) groups is 3. The van der Waals surface area contributed by atoms with Crippen LogP contribution in [0.4, 0.5) is 18.0 Å². The lowest BCUT2D eigenvalue weighted by molar-refractivity contribution is -0.146. The Kier molecular flexibility index (Phi) is 9.61. The summed E-state index contributed by atoms with van der Waals surface area (Å²) in [5, 5.41) is 9.53. The number of hydrogen-bond acceptors (Lipinski definition) is 7. The maximum atomic E-state index is 14.1. The van der Waals surface area contributed by atoms with E-state index in [0.29, 0.717) is 13.0 Å². The number of alkyl halides is 3. The minimum absolute atomic E-state index is 0.0417. The third kappa shape index (κ3) is 7.40. The van der Waals surface area contributed by atoms with E-state index < -0.39 is 41.2 Å². The monoisotopic (exact) mass is 594 g/mol. The van der Waals surface area contributed by atoms with E-state index in [1.165, 1.54) is 12.1 Å². The molecule has 9 nitrogen and oxygen atoms in total. The van der Waals surface area contributed by atoms with Gasteiger partial charge in [0.15, 0.2) is 6.04 Å². The van der Waals surface area contributed by atoms with Crippen molar-refractivity contribution in [3.63, 3.8) is 0 Å². The maximum Gasteiger partial charge on any atom is 0.417 e. The summed E-state index contributed by atoms with van der Waals surface area (Å²) in [5.74, 6) is -2.08. The number of nitrogens with zero attached hydrogens (tertiary/aromatic N) is 2. The van der Waals surface area contributed by atoms with Crippen LogP contribution < -0.4 is 0 Å². The molecule has 2 heterocycles. The number of carbonyl (C=O) groups excluding carboxylic acids is 2. The summed E-state index contributed by atoms with van der Waals surface area (Å²) in [5.41, 5.74) is -0.897. The Morgan fingerprint density at radius 1 is 1.12 bits per heavy atom. The van der Waals surface area contributed by atoms with Crippen LogP contribution in [0.3, 0.4) is 0 Å². The van der Waals surface area contributed by atoms with Crippen LogP contribution in [0.2, 0.25) is 0 Å². The van der Waals surface area contributed by atoms with Gasteiger partial charge >= 0.3 is 18.2 Å². The van der Waals surface area contributed by atoms with Crippen LogP contribution >= 0.6 is 11.8 Å². The van der Waals surface area contributed by atoms with Crippen molar-refractivity contribution in [2.75, 3.05) is 40.0 Å². The van der Waals surface area contributed by atoms with E-state index in [1.807, 2.05) is 30.3 Å². The highest BCUT2D eigenvalue weighted by atomic mass is 32.2. The fraction of sp³-hybridized carbons (Fsp3) is 0.393. The zero-order valence-electron chi connectivity index (χ0n) is 22.1. The first-order valence-electron chi connectivity index (χ1n) is 12.7. The van der Waals surface area contributed by atoms with Crippen molar-refractivity contribution in [3.05, 3.63) is 71.8 Å². The van der Waals surface area contributed by atoms with Crippen molar-refractivity contribution >= 4 is 35.3 Å². The van der Waals surface area contributed by atoms with E-state index in [0.717, 1.165) is 40.3 Å². The number of carboxylic acids is 1. The number of methoxy groups -OCH3 is 1. The standard InChI is InChI=1S/C28H29F3N2O7S/c1-17(25(34)32-10-11-33(27(37)38-2)22(14-32)26(35)36)19-8-9-23(21(13-19)28(29,30)31)41-24-16-39-15-20(40-24)12-18-6-4-3-5-7-18/h3-9,13,20,22,24H,1,10-12,14-16H2,2H3,(H,35,36). The van der Waals surface area contributed by atoms with Crippen molar-refractivity contribution < 1.29 is 46.9 Å². The molecule has 4 rings (SSSR count). The summed E-state index contributed by atoms with van der Waals surface area (Å²) < 4.78 is 58.6. The van der Waals surface area contributed by atoms with Gasteiger partial charge in [0.1, 0.15) is 5.44 Å². The van der Waals surface area contributed by atoms with Crippen LogP contribution in [-0.2, 0) is 36.4 Å². The van der Waals surface area contributed by atoms with Gasteiger partial charge in [0, 0.05) is 30.0 Å². The smallest absolute Gasteiger partial charge is 0.417 e. The number of piperazine rings is 1. The molecule has 0 saturated carbocycles. The summed E-state index contributed by atoms with van der Waals surface area (Å²) in [6.45, 7) is 3.60. The second-order valence-electron chi connectivity index (χ2n) is 9.49. The molecule has 1 N–H and O–H groups in total. The Morgan fingerprint density at radius 2 is 1.85 bits per heavy atom. The molecule has 41 heavy (non-hydrogen) atoms. The van der Waals surface area contributed by atoms with Crippen LogP contribution in [0.5, 0.6) is 0 Å². The van der Waals surface area contributed by atoms with E-state index >= 15 is 0 Å². The minimum atomic E-state index is -4.73. The lowest BCUT2D eigenvalue weighted by atomic mass is 10.0. The minimum Gasteiger partial charge on any atom is -0.480 e. The van der Waals surface area contributed by atoms with Gasteiger partial charge < -0.3 is 24.2 Å². The topological polar surface area (TPSA) is 106 Å². The van der Waals surface area contributed by atoms with Crippen LogP contribution in [0, 0.1) is 0 Å². The third-order valence-electron chi connectivity index (χ3n) is 6.72. The lowest BCUT2D eigenvalue weighted by Gasteiger charge is -2.38. The zero-order chi connectivity index (χ0) is 29.7. The molecule has 3 atom stereocenters. The summed E-state index contributed by atoms with van der Waals surface area (Å²) in [7, 11) is 1.11. The number of carboxylic acid groups (broad SMARTS) is 1. The van der Waals surface area contributed by atoms with E-state index in [1.54, 1.807) is 0 Å². The third-order valence-corrected chi connectivity index (χ3v) is 7.84. The van der Waals surface area contributed by atoms with E-state index in [9.17, 15) is 32.7 Å². The number of benzene rings is 2. The number of aliphatic carboxylic acids is 1. The van der Waals surface area contributed by atoms with Gasteiger partial charge in [0.25, 0.3) is 5.91 Å². The van der Waals surface area contributed by atoms with Gasteiger partial charge in [0.2, 0.25) is 0 Å². The summed E-state index contributed by atoms with van der Waals surface area (Å²) >= 11 is 0.891. The number of rotatable bonds is 7. The molecule has 0 radical (unpaired) electrons. The summed E-state index contributed by atoms with van der Waals surface area (Å²) in [4.78, 5) is 38.8. The van der Waals surface area contributed by atoms with Crippen LogP contribution in [0.1, 0.15) is 16.7 Å². The number of amides is 2. The second kappa shape index (κ2) is 13.0. The first-order valence-corrected chi connectivity index (χ1v) is 13.6. The molecule has 2 saturated heterocycles. The van der Waals surface area contributed by atoms with Gasteiger partial charge in [-0.05, 0) is 23.3 Å². The van der Waals surface area contributed by atoms with Gasteiger partial charge in [-0.2, -0.15) is 13.2 Å². The molecule has 2 aliphatic heterocycles. The fourth-order valence-corrected chi connectivity index (χ4v) is 5.76. The molecule has 2 aromatic rings.